The molecule has 37 heavy (non-hydrogen) atoms. The van der Waals surface area contributed by atoms with Gasteiger partial charge in [0.05, 0.1) is 17.1 Å². The maximum atomic E-state index is 15.7. The lowest BCUT2D eigenvalue weighted by Crippen LogP contribution is -2.41. The first kappa shape index (κ1) is 27.5. The molecule has 0 aliphatic carbocycles. The molecule has 2 heterocycles. The predicted molar refractivity (Wildman–Crippen MR) is 139 cm³/mol. The average molecular weight is 564 g/mol. The van der Waals surface area contributed by atoms with Crippen molar-refractivity contribution in [2.75, 3.05) is 6.54 Å². The summed E-state index contributed by atoms with van der Waals surface area (Å²) in [6.07, 6.45) is 2.97. The summed E-state index contributed by atoms with van der Waals surface area (Å²) < 4.78 is 60.4. The molecular formula is C27H25Cl2F2N3O2S. The van der Waals surface area contributed by atoms with E-state index in [1.807, 2.05) is 20.8 Å². The van der Waals surface area contributed by atoms with Crippen LogP contribution in [-0.2, 0) is 15.4 Å². The second kappa shape index (κ2) is 9.95. The van der Waals surface area contributed by atoms with Crippen LogP contribution in [0.15, 0.2) is 65.8 Å². The molecule has 3 aromatic rings. The van der Waals surface area contributed by atoms with Gasteiger partial charge in [-0.25, -0.2) is 17.2 Å². The van der Waals surface area contributed by atoms with E-state index in [9.17, 15) is 13.7 Å². The molecule has 1 fully saturated rings. The summed E-state index contributed by atoms with van der Waals surface area (Å²) in [5.41, 5.74) is -2.35. The molecule has 1 aliphatic heterocycles. The molecule has 0 radical (unpaired) electrons. The summed E-state index contributed by atoms with van der Waals surface area (Å²) >= 11 is 12.1. The number of nitrogens with zero attached hydrogens (tertiary/aromatic N) is 3. The van der Waals surface area contributed by atoms with Crippen LogP contribution in [0.4, 0.5) is 8.78 Å². The second-order valence-electron chi connectivity index (χ2n) is 10.4. The highest BCUT2D eigenvalue weighted by Crippen LogP contribution is 2.57. The van der Waals surface area contributed by atoms with E-state index in [-0.39, 0.29) is 38.0 Å². The van der Waals surface area contributed by atoms with Gasteiger partial charge in [0, 0.05) is 35.1 Å². The maximum absolute atomic E-state index is 15.7. The van der Waals surface area contributed by atoms with E-state index < -0.39 is 39.0 Å². The van der Waals surface area contributed by atoms with Crippen LogP contribution in [0.2, 0.25) is 10.0 Å². The molecule has 0 unspecified atom stereocenters. The van der Waals surface area contributed by atoms with Crippen molar-refractivity contribution in [1.29, 1.82) is 5.26 Å². The zero-order valence-electron chi connectivity index (χ0n) is 20.4. The molecule has 0 saturated carbocycles. The molecule has 1 saturated heterocycles. The summed E-state index contributed by atoms with van der Waals surface area (Å²) in [5, 5.41) is 10.7. The van der Waals surface area contributed by atoms with E-state index in [4.69, 9.17) is 23.2 Å². The molecule has 1 aromatic heterocycles. The number of benzene rings is 2. The van der Waals surface area contributed by atoms with Gasteiger partial charge in [0.2, 0.25) is 10.0 Å². The fraction of sp³-hybridized carbons (Fsp3) is 0.333. The molecule has 0 spiro atoms. The Morgan fingerprint density at radius 1 is 1.16 bits per heavy atom. The third kappa shape index (κ3) is 4.86. The zero-order valence-corrected chi connectivity index (χ0v) is 22.7. The molecule has 1 aliphatic rings. The Bertz CT molecular complexity index is 1470. The highest BCUT2D eigenvalue weighted by atomic mass is 35.5. The van der Waals surface area contributed by atoms with Crippen molar-refractivity contribution >= 4 is 33.2 Å². The Kier molecular flexibility index (Phi) is 7.39. The number of halogens is 4. The molecule has 3 atom stereocenters. The largest absolute Gasteiger partial charge is 0.263 e. The van der Waals surface area contributed by atoms with Crippen molar-refractivity contribution in [3.63, 3.8) is 0 Å². The first-order valence-electron chi connectivity index (χ1n) is 11.6. The molecule has 194 valence electrons. The highest BCUT2D eigenvalue weighted by molar-refractivity contribution is 7.89. The molecule has 0 N–H and O–H groups in total. The minimum atomic E-state index is -4.30. The minimum Gasteiger partial charge on any atom is -0.263 e. The number of aromatic nitrogens is 1. The molecule has 4 rings (SSSR count). The van der Waals surface area contributed by atoms with Gasteiger partial charge in [0.25, 0.3) is 0 Å². The molecule has 0 bridgehead atoms. The zero-order chi connectivity index (χ0) is 27.2. The predicted octanol–water partition coefficient (Wildman–Crippen LogP) is 6.93. The van der Waals surface area contributed by atoms with Gasteiger partial charge in [-0.3, -0.25) is 4.98 Å². The van der Waals surface area contributed by atoms with Gasteiger partial charge < -0.3 is 0 Å². The van der Waals surface area contributed by atoms with E-state index >= 15 is 8.78 Å². The number of hydrogen-bond acceptors (Lipinski definition) is 4. The molecule has 2 aromatic carbocycles. The van der Waals surface area contributed by atoms with Crippen LogP contribution in [0.5, 0.6) is 0 Å². The van der Waals surface area contributed by atoms with Crippen LogP contribution >= 0.6 is 23.2 Å². The standard InChI is InChI=1S/C27H25Cl2F2N3O2S/c1-26(2,3)13-17-15-34(37(35,36)19-6-5-11-33-14-19)25(20-7-4-8-22(29)24(20)31)27(17,16-32)21-10-9-18(28)12-23(21)30/h4-12,14,17,25H,13,15H2,1-3H3/t17-,25-,27-/m1/s1. The first-order chi connectivity index (χ1) is 17.3. The van der Waals surface area contributed by atoms with Gasteiger partial charge in [-0.05, 0) is 48.1 Å². The average Bonchev–Trinajstić information content (AvgIpc) is 3.15. The molecule has 10 heteroatoms. The van der Waals surface area contributed by atoms with Crippen LogP contribution < -0.4 is 0 Å². The van der Waals surface area contributed by atoms with Crippen molar-refractivity contribution in [1.82, 2.24) is 9.29 Å². The van der Waals surface area contributed by atoms with E-state index in [1.54, 1.807) is 0 Å². The Morgan fingerprint density at radius 2 is 1.89 bits per heavy atom. The summed E-state index contributed by atoms with van der Waals surface area (Å²) in [6, 6.07) is 11.8. The normalized spacial score (nSPS) is 22.6. The van der Waals surface area contributed by atoms with Crippen LogP contribution in [0, 0.1) is 34.3 Å². The lowest BCUT2D eigenvalue weighted by atomic mass is 9.63. The first-order valence-corrected chi connectivity index (χ1v) is 13.7. The van der Waals surface area contributed by atoms with E-state index in [2.05, 4.69) is 11.1 Å². The van der Waals surface area contributed by atoms with Crippen molar-refractivity contribution in [3.05, 3.63) is 93.7 Å². The Hall–Kier alpha value is -2.57. The third-order valence-corrected chi connectivity index (χ3v) is 9.04. The van der Waals surface area contributed by atoms with Crippen LogP contribution in [-0.4, -0.2) is 24.3 Å². The quantitative estimate of drug-likeness (QED) is 0.337. The summed E-state index contributed by atoms with van der Waals surface area (Å²) in [7, 11) is -4.30. The second-order valence-corrected chi connectivity index (χ2v) is 13.1. The highest BCUT2D eigenvalue weighted by Gasteiger charge is 2.61. The smallest absolute Gasteiger partial charge is 0.245 e. The van der Waals surface area contributed by atoms with Crippen LogP contribution in [0.25, 0.3) is 0 Å². The molecule has 5 nitrogen and oxygen atoms in total. The number of rotatable bonds is 5. The fourth-order valence-electron chi connectivity index (χ4n) is 5.29. The van der Waals surface area contributed by atoms with Crippen molar-refractivity contribution in [3.8, 4) is 6.07 Å². The number of nitriles is 1. The van der Waals surface area contributed by atoms with Crippen molar-refractivity contribution in [2.24, 2.45) is 11.3 Å². The van der Waals surface area contributed by atoms with Gasteiger partial charge in [-0.1, -0.05) is 62.2 Å². The topological polar surface area (TPSA) is 74.1 Å². The number of sulfonamides is 1. The summed E-state index contributed by atoms with van der Waals surface area (Å²) in [6.45, 7) is 5.68. The van der Waals surface area contributed by atoms with E-state index in [0.29, 0.717) is 6.42 Å². The third-order valence-electron chi connectivity index (χ3n) is 6.70. The van der Waals surface area contributed by atoms with Gasteiger partial charge >= 0.3 is 0 Å². The Labute approximate surface area is 225 Å². The molecule has 0 amide bonds. The Morgan fingerprint density at radius 3 is 2.49 bits per heavy atom. The number of pyridine rings is 1. The molecular weight excluding hydrogens is 539 g/mol. The van der Waals surface area contributed by atoms with Crippen LogP contribution in [0.1, 0.15) is 44.4 Å². The lowest BCUT2D eigenvalue weighted by Gasteiger charge is -2.38. The lowest BCUT2D eigenvalue weighted by molar-refractivity contribution is 0.245. The summed E-state index contributed by atoms with van der Waals surface area (Å²) in [5.74, 6) is -2.35. The van der Waals surface area contributed by atoms with Gasteiger partial charge in [-0.2, -0.15) is 9.57 Å². The van der Waals surface area contributed by atoms with Gasteiger partial charge in [-0.15, -0.1) is 0 Å². The monoisotopic (exact) mass is 563 g/mol. The van der Waals surface area contributed by atoms with Gasteiger partial charge in [0.15, 0.2) is 0 Å². The van der Waals surface area contributed by atoms with Crippen molar-refractivity contribution < 1.29 is 17.2 Å². The van der Waals surface area contributed by atoms with Crippen LogP contribution in [0.3, 0.4) is 0 Å². The Balaban J connectivity index is 2.10. The van der Waals surface area contributed by atoms with E-state index in [1.165, 1.54) is 54.9 Å². The van der Waals surface area contributed by atoms with Gasteiger partial charge in [0.1, 0.15) is 21.9 Å². The van der Waals surface area contributed by atoms with Crippen molar-refractivity contribution in [2.45, 2.75) is 43.5 Å². The minimum absolute atomic E-state index is 0.0538. The fourth-order valence-corrected chi connectivity index (χ4v) is 7.28. The van der Waals surface area contributed by atoms with E-state index in [0.717, 1.165) is 10.4 Å². The maximum Gasteiger partial charge on any atom is 0.245 e. The summed E-state index contributed by atoms with van der Waals surface area (Å²) in [4.78, 5) is 3.81. The number of hydrogen-bond donors (Lipinski definition) is 0. The SMILES string of the molecule is CC(C)(C)C[C@@H]1CN(S(=O)(=O)c2cccnc2)[C@H](c2cccc(Cl)c2F)[C@@]1(C#N)c1ccc(Cl)cc1F.